The molecule has 5 rings (SSSR count). The first kappa shape index (κ1) is 20.7. The van der Waals surface area contributed by atoms with Crippen molar-refractivity contribution >= 4 is 5.91 Å². The molecule has 0 unspecified atom stereocenters. The third-order valence-corrected chi connectivity index (χ3v) is 5.68. The highest BCUT2D eigenvalue weighted by atomic mass is 19.1. The molecule has 0 fully saturated rings. The van der Waals surface area contributed by atoms with E-state index in [0.29, 0.717) is 35.8 Å². The van der Waals surface area contributed by atoms with Gasteiger partial charge in [-0.25, -0.2) is 9.07 Å². The molecule has 2 aromatic heterocycles. The fraction of sp³-hybridized carbons (Fsp3) is 0.160. The van der Waals surface area contributed by atoms with Crippen LogP contribution in [0.3, 0.4) is 0 Å². The summed E-state index contributed by atoms with van der Waals surface area (Å²) in [4.78, 5) is 17.2. The number of ether oxygens (including phenoxy) is 2. The van der Waals surface area contributed by atoms with Gasteiger partial charge in [-0.3, -0.25) is 9.78 Å². The lowest BCUT2D eigenvalue weighted by molar-refractivity contribution is 0.0944. The quantitative estimate of drug-likeness (QED) is 0.430. The van der Waals surface area contributed by atoms with Crippen molar-refractivity contribution in [1.29, 1.82) is 0 Å². The van der Waals surface area contributed by atoms with Gasteiger partial charge in [0, 0.05) is 36.5 Å². The fourth-order valence-corrected chi connectivity index (χ4v) is 4.09. The molecule has 7 nitrogen and oxygen atoms in total. The van der Waals surface area contributed by atoms with Crippen LogP contribution in [-0.4, -0.2) is 34.9 Å². The average molecular weight is 444 g/mol. The summed E-state index contributed by atoms with van der Waals surface area (Å²) in [7, 11) is 3.17. The summed E-state index contributed by atoms with van der Waals surface area (Å²) in [5.41, 5.74) is 5.34. The van der Waals surface area contributed by atoms with Crippen LogP contribution in [0.25, 0.3) is 16.9 Å². The number of amides is 1. The summed E-state index contributed by atoms with van der Waals surface area (Å²) >= 11 is 0. The minimum Gasteiger partial charge on any atom is -0.493 e. The van der Waals surface area contributed by atoms with Crippen LogP contribution in [-0.2, 0) is 13.0 Å². The Bertz CT molecular complexity index is 1330. The van der Waals surface area contributed by atoms with E-state index in [0.717, 1.165) is 27.9 Å². The molecule has 2 heterocycles. The van der Waals surface area contributed by atoms with E-state index in [-0.39, 0.29) is 11.7 Å². The van der Waals surface area contributed by atoms with Crippen LogP contribution in [0.2, 0.25) is 0 Å². The number of fused-ring (bicyclic) bond motifs is 3. The minimum atomic E-state index is -0.344. The molecule has 0 saturated heterocycles. The number of pyridine rings is 1. The van der Waals surface area contributed by atoms with Crippen molar-refractivity contribution < 1.29 is 18.7 Å². The minimum absolute atomic E-state index is 0.289. The fourth-order valence-electron chi connectivity index (χ4n) is 4.09. The number of nitrogens with zero attached hydrogens (tertiary/aromatic N) is 3. The van der Waals surface area contributed by atoms with E-state index in [1.807, 2.05) is 24.3 Å². The summed E-state index contributed by atoms with van der Waals surface area (Å²) in [6.45, 7) is 0.333. The molecule has 8 heteroatoms. The second kappa shape index (κ2) is 8.38. The summed E-state index contributed by atoms with van der Waals surface area (Å²) in [6, 6.07) is 13.5. The molecule has 1 aliphatic carbocycles. The predicted molar refractivity (Wildman–Crippen MR) is 120 cm³/mol. The van der Waals surface area contributed by atoms with Crippen molar-refractivity contribution in [2.75, 3.05) is 14.2 Å². The number of rotatable bonds is 6. The van der Waals surface area contributed by atoms with E-state index in [1.165, 1.54) is 12.1 Å². The monoisotopic (exact) mass is 444 g/mol. The van der Waals surface area contributed by atoms with E-state index >= 15 is 0 Å². The van der Waals surface area contributed by atoms with Crippen LogP contribution in [0.5, 0.6) is 11.5 Å². The van der Waals surface area contributed by atoms with Gasteiger partial charge in [0.15, 0.2) is 17.2 Å². The number of carbonyl (C=O) groups excluding carboxylic acids is 1. The average Bonchev–Trinajstić information content (AvgIpc) is 3.39. The number of carbonyl (C=O) groups is 1. The van der Waals surface area contributed by atoms with Crippen LogP contribution >= 0.6 is 0 Å². The van der Waals surface area contributed by atoms with E-state index in [4.69, 9.17) is 9.47 Å². The third-order valence-electron chi connectivity index (χ3n) is 5.68. The van der Waals surface area contributed by atoms with Crippen LogP contribution in [0.1, 0.15) is 27.2 Å². The number of nitrogens with one attached hydrogen (secondary N) is 1. The molecule has 1 amide bonds. The van der Waals surface area contributed by atoms with Crippen molar-refractivity contribution in [3.8, 4) is 28.4 Å². The maximum atomic E-state index is 13.6. The van der Waals surface area contributed by atoms with Gasteiger partial charge in [-0.2, -0.15) is 5.10 Å². The Morgan fingerprint density at radius 1 is 1.12 bits per heavy atom. The normalized spacial score (nSPS) is 11.6. The zero-order valence-electron chi connectivity index (χ0n) is 18.1. The Labute approximate surface area is 189 Å². The van der Waals surface area contributed by atoms with E-state index in [9.17, 15) is 9.18 Å². The molecular weight excluding hydrogens is 423 g/mol. The van der Waals surface area contributed by atoms with Crippen molar-refractivity contribution in [2.24, 2.45) is 0 Å². The summed E-state index contributed by atoms with van der Waals surface area (Å²) in [6.07, 6.45) is 3.90. The van der Waals surface area contributed by atoms with Gasteiger partial charge in [0.2, 0.25) is 0 Å². The molecule has 2 aromatic carbocycles. The van der Waals surface area contributed by atoms with Crippen LogP contribution < -0.4 is 14.8 Å². The molecule has 0 spiro atoms. The molecule has 4 aromatic rings. The van der Waals surface area contributed by atoms with Gasteiger partial charge >= 0.3 is 0 Å². The number of methoxy groups -OCH3 is 2. The number of halogens is 1. The molecular formula is C25H21FN4O3. The topological polar surface area (TPSA) is 78.3 Å². The van der Waals surface area contributed by atoms with Gasteiger partial charge in [-0.1, -0.05) is 6.07 Å². The zero-order chi connectivity index (χ0) is 22.9. The first-order valence-electron chi connectivity index (χ1n) is 10.4. The van der Waals surface area contributed by atoms with Gasteiger partial charge in [-0.05, 0) is 53.6 Å². The molecule has 33 heavy (non-hydrogen) atoms. The molecule has 0 radical (unpaired) electrons. The Morgan fingerprint density at radius 2 is 1.88 bits per heavy atom. The van der Waals surface area contributed by atoms with E-state index in [2.05, 4.69) is 15.4 Å². The standard InChI is InChI=1S/C25H21FN4O3/c1-32-21-11-16-10-20-23(25(31)28-14-15-4-3-9-27-13-15)29-30(18-7-5-17(26)6-8-18)24(20)19(16)12-22(21)33-2/h3-9,11-13H,10,14H2,1-2H3,(H,28,31). The molecule has 166 valence electrons. The molecule has 0 saturated carbocycles. The molecule has 0 bridgehead atoms. The van der Waals surface area contributed by atoms with E-state index in [1.54, 1.807) is 43.4 Å². The summed E-state index contributed by atoms with van der Waals surface area (Å²) in [5, 5.41) is 7.56. The zero-order valence-corrected chi connectivity index (χ0v) is 18.1. The number of hydrogen-bond acceptors (Lipinski definition) is 5. The maximum Gasteiger partial charge on any atom is 0.272 e. The molecule has 0 aliphatic heterocycles. The highest BCUT2D eigenvalue weighted by Crippen LogP contribution is 2.44. The number of hydrogen-bond donors (Lipinski definition) is 1. The predicted octanol–water partition coefficient (Wildman–Crippen LogP) is 3.92. The van der Waals surface area contributed by atoms with Crippen molar-refractivity contribution in [2.45, 2.75) is 13.0 Å². The van der Waals surface area contributed by atoms with Crippen LogP contribution in [0.15, 0.2) is 60.9 Å². The van der Waals surface area contributed by atoms with Crippen LogP contribution in [0, 0.1) is 5.82 Å². The lowest BCUT2D eigenvalue weighted by Gasteiger charge is -2.12. The second-order valence-corrected chi connectivity index (χ2v) is 7.65. The van der Waals surface area contributed by atoms with Gasteiger partial charge < -0.3 is 14.8 Å². The second-order valence-electron chi connectivity index (χ2n) is 7.65. The Morgan fingerprint density at radius 3 is 2.58 bits per heavy atom. The highest BCUT2D eigenvalue weighted by Gasteiger charge is 2.32. The smallest absolute Gasteiger partial charge is 0.272 e. The SMILES string of the molecule is COc1cc2c(cc1OC)-c1c(c(C(=O)NCc3cccnc3)nn1-c1ccc(F)cc1)C2. The third kappa shape index (κ3) is 3.69. The maximum absolute atomic E-state index is 13.6. The highest BCUT2D eigenvalue weighted by molar-refractivity contribution is 5.97. The van der Waals surface area contributed by atoms with Gasteiger partial charge in [0.1, 0.15) is 5.82 Å². The molecule has 1 N–H and O–H groups in total. The first-order chi connectivity index (χ1) is 16.1. The van der Waals surface area contributed by atoms with Crippen molar-refractivity contribution in [3.05, 3.63) is 89.1 Å². The van der Waals surface area contributed by atoms with Crippen molar-refractivity contribution in [1.82, 2.24) is 20.1 Å². The lowest BCUT2D eigenvalue weighted by atomic mass is 10.1. The van der Waals surface area contributed by atoms with Gasteiger partial charge in [0.25, 0.3) is 5.91 Å². The summed E-state index contributed by atoms with van der Waals surface area (Å²) < 4.78 is 26.2. The summed E-state index contributed by atoms with van der Waals surface area (Å²) in [5.74, 6) is 0.565. The number of aromatic nitrogens is 3. The van der Waals surface area contributed by atoms with Gasteiger partial charge in [0.05, 0.1) is 25.6 Å². The van der Waals surface area contributed by atoms with Crippen LogP contribution in [0.4, 0.5) is 4.39 Å². The molecule has 0 atom stereocenters. The Balaban J connectivity index is 1.59. The Hall–Kier alpha value is -4.20. The Kier molecular flexibility index (Phi) is 5.26. The number of benzene rings is 2. The van der Waals surface area contributed by atoms with Gasteiger partial charge in [-0.15, -0.1) is 0 Å². The van der Waals surface area contributed by atoms with Crippen molar-refractivity contribution in [3.63, 3.8) is 0 Å². The molecule has 1 aliphatic rings. The lowest BCUT2D eigenvalue weighted by Crippen LogP contribution is -2.24. The largest absolute Gasteiger partial charge is 0.493 e. The first-order valence-corrected chi connectivity index (χ1v) is 10.4. The van der Waals surface area contributed by atoms with E-state index < -0.39 is 0 Å².